The van der Waals surface area contributed by atoms with Crippen LogP contribution in [0.4, 0.5) is 10.1 Å². The van der Waals surface area contributed by atoms with Gasteiger partial charge >= 0.3 is 0 Å². The molecule has 1 aliphatic heterocycles. The van der Waals surface area contributed by atoms with Gasteiger partial charge in [-0.05, 0) is 18.2 Å². The summed E-state index contributed by atoms with van der Waals surface area (Å²) in [5.41, 5.74) is 0.00977. The van der Waals surface area contributed by atoms with Crippen LogP contribution < -0.4 is 10.0 Å². The minimum atomic E-state index is -3.81. The van der Waals surface area contributed by atoms with Gasteiger partial charge in [0.1, 0.15) is 11.1 Å². The molecule has 0 saturated carbocycles. The van der Waals surface area contributed by atoms with Gasteiger partial charge in [0.05, 0.1) is 5.69 Å². The highest BCUT2D eigenvalue weighted by molar-refractivity contribution is 7.89. The van der Waals surface area contributed by atoms with E-state index in [2.05, 4.69) is 0 Å². The number of primary sulfonamides is 1. The molecule has 0 radical (unpaired) electrons. The van der Waals surface area contributed by atoms with Crippen molar-refractivity contribution >= 4 is 33.2 Å². The predicted octanol–water partition coefficient (Wildman–Crippen LogP) is 0.873. The van der Waals surface area contributed by atoms with Crippen LogP contribution in [0.3, 0.4) is 0 Å². The Morgan fingerprint density at radius 2 is 2.11 bits per heavy atom. The van der Waals surface area contributed by atoms with Gasteiger partial charge in [-0.25, -0.2) is 17.9 Å². The van der Waals surface area contributed by atoms with Gasteiger partial charge < -0.3 is 4.90 Å². The van der Waals surface area contributed by atoms with Gasteiger partial charge in [0.25, 0.3) is 0 Å². The third kappa shape index (κ3) is 2.47. The molecule has 8 heteroatoms. The van der Waals surface area contributed by atoms with Crippen molar-refractivity contribution in [2.45, 2.75) is 11.7 Å². The lowest BCUT2D eigenvalue weighted by atomic mass is 10.3. The summed E-state index contributed by atoms with van der Waals surface area (Å²) in [5, 5.41) is 4.18. The highest BCUT2D eigenvalue weighted by Gasteiger charge is 2.38. The van der Waals surface area contributed by atoms with Crippen LogP contribution in [0.2, 0.25) is 5.02 Å². The van der Waals surface area contributed by atoms with Crippen molar-refractivity contribution in [1.82, 2.24) is 0 Å². The number of sulfonamides is 1. The first-order valence-corrected chi connectivity index (χ1v) is 7.05. The van der Waals surface area contributed by atoms with E-state index in [1.165, 1.54) is 12.1 Å². The third-order valence-electron chi connectivity index (χ3n) is 2.75. The molecule has 1 aliphatic rings. The maximum atomic E-state index is 13.6. The van der Waals surface area contributed by atoms with Crippen molar-refractivity contribution < 1.29 is 17.6 Å². The number of carbonyl (C=O) groups excluding carboxylic acids is 1. The van der Waals surface area contributed by atoms with Crippen molar-refractivity contribution in [3.05, 3.63) is 29.0 Å². The largest absolute Gasteiger partial charge is 0.308 e. The maximum absolute atomic E-state index is 13.6. The number of nitrogens with zero attached hydrogens (tertiary/aromatic N) is 1. The molecule has 1 aromatic rings. The average molecular weight is 293 g/mol. The fraction of sp³-hybridized carbons (Fsp3) is 0.300. The lowest BCUT2D eigenvalue weighted by Gasteiger charge is -2.17. The Balaban J connectivity index is 2.33. The van der Waals surface area contributed by atoms with E-state index in [9.17, 15) is 17.6 Å². The van der Waals surface area contributed by atoms with Crippen LogP contribution >= 0.6 is 11.6 Å². The standard InChI is InChI=1S/C10H10ClFN2O3S/c11-6-1-2-9(8(12)3-6)14-5-7(4-10(14)15)18(13,16)17/h1-3,7H,4-5H2,(H2,13,16,17). The normalized spacial score (nSPS) is 20.5. The van der Waals surface area contributed by atoms with Gasteiger partial charge in [-0.15, -0.1) is 0 Å². The van der Waals surface area contributed by atoms with Gasteiger partial charge in [-0.1, -0.05) is 11.6 Å². The molecule has 0 aromatic heterocycles. The molecule has 2 N–H and O–H groups in total. The summed E-state index contributed by atoms with van der Waals surface area (Å²) in [6.45, 7) is -0.143. The Labute approximate surface area is 108 Å². The van der Waals surface area contributed by atoms with Crippen molar-refractivity contribution in [3.63, 3.8) is 0 Å². The summed E-state index contributed by atoms with van der Waals surface area (Å²) in [6.07, 6.45) is -0.235. The molecular weight excluding hydrogens is 283 g/mol. The molecule has 1 aromatic carbocycles. The molecule has 0 spiro atoms. The van der Waals surface area contributed by atoms with E-state index >= 15 is 0 Å². The molecule has 5 nitrogen and oxygen atoms in total. The smallest absolute Gasteiger partial charge is 0.228 e. The van der Waals surface area contributed by atoms with E-state index in [1.54, 1.807) is 0 Å². The van der Waals surface area contributed by atoms with Crippen LogP contribution in [0.25, 0.3) is 0 Å². The molecule has 18 heavy (non-hydrogen) atoms. The van der Waals surface area contributed by atoms with Crippen molar-refractivity contribution in [2.24, 2.45) is 5.14 Å². The second-order valence-corrected chi connectivity index (χ2v) is 6.30. The van der Waals surface area contributed by atoms with Crippen molar-refractivity contribution in [3.8, 4) is 0 Å². The zero-order valence-electron chi connectivity index (χ0n) is 9.14. The summed E-state index contributed by atoms with van der Waals surface area (Å²) in [5.74, 6) is -1.15. The van der Waals surface area contributed by atoms with Gasteiger partial charge in [-0.2, -0.15) is 0 Å². The second-order valence-electron chi connectivity index (χ2n) is 4.02. The van der Waals surface area contributed by atoms with Crippen molar-refractivity contribution in [1.29, 1.82) is 0 Å². The highest BCUT2D eigenvalue weighted by atomic mass is 35.5. The number of nitrogens with two attached hydrogens (primary N) is 1. The lowest BCUT2D eigenvalue weighted by molar-refractivity contribution is -0.117. The van der Waals surface area contributed by atoms with Crippen LogP contribution in [-0.2, 0) is 14.8 Å². The summed E-state index contributed by atoms with van der Waals surface area (Å²) in [4.78, 5) is 12.7. The van der Waals surface area contributed by atoms with Gasteiger partial charge in [0.15, 0.2) is 0 Å². The molecule has 0 aliphatic carbocycles. The van der Waals surface area contributed by atoms with Gasteiger partial charge in [0, 0.05) is 18.0 Å². The number of benzene rings is 1. The molecule has 1 saturated heterocycles. The Hall–Kier alpha value is -1.18. The molecule has 98 valence electrons. The predicted molar refractivity (Wildman–Crippen MR) is 65.3 cm³/mol. The van der Waals surface area contributed by atoms with Crippen LogP contribution in [0.15, 0.2) is 18.2 Å². The topological polar surface area (TPSA) is 80.5 Å². The summed E-state index contributed by atoms with van der Waals surface area (Å²) in [6, 6.07) is 3.83. The number of carbonyl (C=O) groups is 1. The van der Waals surface area contributed by atoms with Gasteiger partial charge in [0.2, 0.25) is 15.9 Å². The Kier molecular flexibility index (Phi) is 3.31. The number of hydrogen-bond donors (Lipinski definition) is 1. The number of hydrogen-bond acceptors (Lipinski definition) is 3. The molecular formula is C10H10ClFN2O3S. The first-order chi connectivity index (χ1) is 8.29. The third-order valence-corrected chi connectivity index (χ3v) is 4.23. The lowest BCUT2D eigenvalue weighted by Crippen LogP contribution is -2.32. The van der Waals surface area contributed by atoms with Gasteiger partial charge in [-0.3, -0.25) is 4.79 Å². The molecule has 1 unspecified atom stereocenters. The molecule has 1 atom stereocenters. The zero-order chi connectivity index (χ0) is 13.5. The molecule has 2 rings (SSSR count). The Morgan fingerprint density at radius 3 is 2.61 bits per heavy atom. The van der Waals surface area contributed by atoms with E-state index in [0.29, 0.717) is 0 Å². The van der Waals surface area contributed by atoms with Crippen LogP contribution in [-0.4, -0.2) is 26.1 Å². The first-order valence-electron chi connectivity index (χ1n) is 5.06. The minimum Gasteiger partial charge on any atom is -0.308 e. The average Bonchev–Trinajstić information content (AvgIpc) is 2.60. The van der Waals surface area contributed by atoms with Crippen molar-refractivity contribution in [2.75, 3.05) is 11.4 Å². The number of rotatable bonds is 2. The van der Waals surface area contributed by atoms with Crippen LogP contribution in [0, 0.1) is 5.82 Å². The molecule has 1 heterocycles. The monoisotopic (exact) mass is 292 g/mol. The molecule has 0 bridgehead atoms. The molecule has 1 amide bonds. The second kappa shape index (κ2) is 4.49. The van der Waals surface area contributed by atoms with E-state index in [0.717, 1.165) is 11.0 Å². The van der Waals surface area contributed by atoms with E-state index in [1.807, 2.05) is 0 Å². The first kappa shape index (κ1) is 13.3. The van der Waals surface area contributed by atoms with E-state index in [4.69, 9.17) is 16.7 Å². The quantitative estimate of drug-likeness (QED) is 0.878. The molecule has 1 fully saturated rings. The van der Waals surface area contributed by atoms with Crippen LogP contribution in [0.5, 0.6) is 0 Å². The summed E-state index contributed by atoms with van der Waals surface area (Å²) < 4.78 is 36.0. The summed E-state index contributed by atoms with van der Waals surface area (Å²) >= 11 is 5.60. The summed E-state index contributed by atoms with van der Waals surface area (Å²) in [7, 11) is -3.81. The number of amides is 1. The fourth-order valence-electron chi connectivity index (χ4n) is 1.83. The number of anilines is 1. The van der Waals surface area contributed by atoms with E-state index < -0.39 is 27.0 Å². The Bertz CT molecular complexity index is 605. The fourth-order valence-corrected chi connectivity index (χ4v) is 2.72. The van der Waals surface area contributed by atoms with Crippen LogP contribution in [0.1, 0.15) is 6.42 Å². The Morgan fingerprint density at radius 1 is 1.44 bits per heavy atom. The highest BCUT2D eigenvalue weighted by Crippen LogP contribution is 2.28. The SMILES string of the molecule is NS(=O)(=O)C1CC(=O)N(c2ccc(Cl)cc2F)C1. The zero-order valence-corrected chi connectivity index (χ0v) is 10.7. The minimum absolute atomic E-state index is 0.00977. The number of halogens is 2. The maximum Gasteiger partial charge on any atom is 0.228 e. The van der Waals surface area contributed by atoms with E-state index in [-0.39, 0.29) is 23.7 Å².